The molecule has 36 heavy (non-hydrogen) atoms. The second kappa shape index (κ2) is 9.75. The lowest BCUT2D eigenvalue weighted by atomic mass is 10.1. The number of benzene rings is 4. The predicted molar refractivity (Wildman–Crippen MR) is 141 cm³/mol. The van der Waals surface area contributed by atoms with Crippen molar-refractivity contribution in [3.05, 3.63) is 97.1 Å². The molecule has 1 N–H and O–H groups in total. The monoisotopic (exact) mass is 500 g/mol. The first-order valence-electron chi connectivity index (χ1n) is 11.5. The van der Waals surface area contributed by atoms with Gasteiger partial charge in [0.1, 0.15) is 23.5 Å². The largest absolute Gasteiger partial charge is 0.494 e. The Kier molecular flexibility index (Phi) is 6.35. The number of para-hydroxylation sites is 2. The molecule has 0 saturated heterocycles. The number of furan rings is 1. The lowest BCUT2D eigenvalue weighted by molar-refractivity contribution is -0.114. The van der Waals surface area contributed by atoms with Crippen LogP contribution < -0.4 is 14.4 Å². The van der Waals surface area contributed by atoms with Gasteiger partial charge in [0, 0.05) is 22.5 Å². The number of carbonyl (C=O) groups is 1. The molecule has 5 aromatic rings. The summed E-state index contributed by atoms with van der Waals surface area (Å²) in [5, 5.41) is 4.73. The topological polar surface area (TPSA) is 88.9 Å². The average molecular weight is 501 g/mol. The van der Waals surface area contributed by atoms with Crippen LogP contribution in [0.25, 0.3) is 21.9 Å². The van der Waals surface area contributed by atoms with Crippen molar-refractivity contribution < 1.29 is 22.4 Å². The fourth-order valence-corrected chi connectivity index (χ4v) is 5.47. The third kappa shape index (κ3) is 4.63. The molecule has 5 rings (SSSR count). The van der Waals surface area contributed by atoms with E-state index in [0.717, 1.165) is 20.7 Å². The predicted octanol–water partition coefficient (Wildman–Crippen LogP) is 5.82. The molecule has 182 valence electrons. The molecule has 0 aliphatic rings. The van der Waals surface area contributed by atoms with Gasteiger partial charge < -0.3 is 14.5 Å². The van der Waals surface area contributed by atoms with Gasteiger partial charge >= 0.3 is 0 Å². The van der Waals surface area contributed by atoms with Crippen molar-refractivity contribution in [2.75, 3.05) is 22.8 Å². The average Bonchev–Trinajstić information content (AvgIpc) is 3.26. The number of fused-ring (bicyclic) bond motifs is 3. The van der Waals surface area contributed by atoms with E-state index in [1.165, 1.54) is 12.1 Å². The standard InChI is InChI=1S/C28H24N2O5S/c1-2-34-22-13-15-23(16-14-22)36(32,33)30(21-8-4-3-5-9-21)19-28(31)29-20-12-17-25-24-10-6-7-11-26(24)35-27(25)18-20/h3-18H,2,19H2,1H3,(H,29,31). The SMILES string of the molecule is CCOc1ccc(S(=O)(=O)N(CC(=O)Nc2ccc3c(c2)oc2ccccc23)c2ccccc2)cc1. The fraction of sp³-hybridized carbons (Fsp3) is 0.107. The van der Waals surface area contributed by atoms with Crippen molar-refractivity contribution in [2.24, 2.45) is 0 Å². The zero-order valence-corrected chi connectivity index (χ0v) is 20.4. The Morgan fingerprint density at radius 3 is 2.31 bits per heavy atom. The van der Waals surface area contributed by atoms with E-state index in [4.69, 9.17) is 9.15 Å². The molecular weight excluding hydrogens is 476 g/mol. The Labute approximate surface area is 209 Å². The maximum Gasteiger partial charge on any atom is 0.264 e. The number of hydrogen-bond donors (Lipinski definition) is 1. The van der Waals surface area contributed by atoms with E-state index in [2.05, 4.69) is 5.32 Å². The van der Waals surface area contributed by atoms with Crippen molar-refractivity contribution in [3.8, 4) is 5.75 Å². The fourth-order valence-electron chi connectivity index (χ4n) is 4.05. The summed E-state index contributed by atoms with van der Waals surface area (Å²) < 4.78 is 39.5. The summed E-state index contributed by atoms with van der Waals surface area (Å²) in [6, 6.07) is 27.8. The van der Waals surface area contributed by atoms with Gasteiger partial charge in [0.25, 0.3) is 10.0 Å². The van der Waals surface area contributed by atoms with Gasteiger partial charge in [-0.3, -0.25) is 9.10 Å². The minimum absolute atomic E-state index is 0.0614. The number of sulfonamides is 1. The molecule has 0 fully saturated rings. The Bertz CT molecular complexity index is 1630. The van der Waals surface area contributed by atoms with Crippen LogP contribution in [0.15, 0.2) is 106 Å². The smallest absolute Gasteiger partial charge is 0.264 e. The molecule has 0 unspecified atom stereocenters. The summed E-state index contributed by atoms with van der Waals surface area (Å²) in [6.45, 7) is 1.92. The molecule has 0 atom stereocenters. The first kappa shape index (κ1) is 23.4. The van der Waals surface area contributed by atoms with Crippen molar-refractivity contribution in [1.82, 2.24) is 0 Å². The zero-order chi connectivity index (χ0) is 25.1. The van der Waals surface area contributed by atoms with Crippen LogP contribution in [0.4, 0.5) is 11.4 Å². The van der Waals surface area contributed by atoms with Crippen LogP contribution in [0.5, 0.6) is 5.75 Å². The summed E-state index contributed by atoms with van der Waals surface area (Å²) in [5.74, 6) is 0.0882. The minimum atomic E-state index is -4.03. The Morgan fingerprint density at radius 1 is 0.861 bits per heavy atom. The highest BCUT2D eigenvalue weighted by atomic mass is 32.2. The van der Waals surface area contributed by atoms with Gasteiger partial charge in [-0.1, -0.05) is 36.4 Å². The molecule has 4 aromatic carbocycles. The number of rotatable bonds is 8. The molecule has 0 aliphatic heterocycles. The molecular formula is C28H24N2O5S. The van der Waals surface area contributed by atoms with Crippen LogP contribution in [0.1, 0.15) is 6.92 Å². The van der Waals surface area contributed by atoms with Gasteiger partial charge in [0.2, 0.25) is 5.91 Å². The van der Waals surface area contributed by atoms with Crippen molar-refractivity contribution in [2.45, 2.75) is 11.8 Å². The summed E-state index contributed by atoms with van der Waals surface area (Å²) in [5.41, 5.74) is 2.29. The Morgan fingerprint density at radius 2 is 1.56 bits per heavy atom. The molecule has 1 heterocycles. The molecule has 1 aromatic heterocycles. The van der Waals surface area contributed by atoms with E-state index in [-0.39, 0.29) is 4.90 Å². The molecule has 1 amide bonds. The normalized spacial score (nSPS) is 11.5. The molecule has 0 spiro atoms. The molecule has 0 aliphatic carbocycles. The maximum absolute atomic E-state index is 13.6. The van der Waals surface area contributed by atoms with E-state index in [1.54, 1.807) is 54.6 Å². The summed E-state index contributed by atoms with van der Waals surface area (Å²) in [7, 11) is -4.03. The number of anilines is 2. The van der Waals surface area contributed by atoms with E-state index in [0.29, 0.717) is 29.3 Å². The van der Waals surface area contributed by atoms with E-state index in [1.807, 2.05) is 37.3 Å². The number of hydrogen-bond acceptors (Lipinski definition) is 5. The van der Waals surface area contributed by atoms with Crippen LogP contribution in [-0.4, -0.2) is 27.5 Å². The quantitative estimate of drug-likeness (QED) is 0.290. The molecule has 0 saturated carbocycles. The first-order chi connectivity index (χ1) is 17.5. The number of nitrogens with zero attached hydrogens (tertiary/aromatic N) is 1. The minimum Gasteiger partial charge on any atom is -0.494 e. The summed E-state index contributed by atoms with van der Waals surface area (Å²) in [4.78, 5) is 13.1. The Balaban J connectivity index is 1.42. The molecule has 0 radical (unpaired) electrons. The van der Waals surface area contributed by atoms with Gasteiger partial charge in [0.05, 0.1) is 17.2 Å². The zero-order valence-electron chi connectivity index (χ0n) is 19.5. The van der Waals surface area contributed by atoms with Crippen LogP contribution in [-0.2, 0) is 14.8 Å². The van der Waals surface area contributed by atoms with Crippen molar-refractivity contribution >= 4 is 49.2 Å². The second-order valence-electron chi connectivity index (χ2n) is 8.11. The maximum atomic E-state index is 13.6. The first-order valence-corrected chi connectivity index (χ1v) is 12.9. The van der Waals surface area contributed by atoms with Gasteiger partial charge in [-0.25, -0.2) is 8.42 Å². The third-order valence-electron chi connectivity index (χ3n) is 5.72. The highest BCUT2D eigenvalue weighted by Crippen LogP contribution is 2.30. The molecule has 0 bridgehead atoms. The van der Waals surface area contributed by atoms with Gasteiger partial charge in [0.15, 0.2) is 0 Å². The van der Waals surface area contributed by atoms with Crippen LogP contribution in [0, 0.1) is 0 Å². The lowest BCUT2D eigenvalue weighted by Gasteiger charge is -2.24. The Hall–Kier alpha value is -4.30. The molecule has 8 heteroatoms. The second-order valence-corrected chi connectivity index (χ2v) is 9.97. The van der Waals surface area contributed by atoms with Gasteiger partial charge in [-0.2, -0.15) is 0 Å². The highest BCUT2D eigenvalue weighted by molar-refractivity contribution is 7.92. The lowest BCUT2D eigenvalue weighted by Crippen LogP contribution is -2.38. The van der Waals surface area contributed by atoms with Gasteiger partial charge in [-0.05, 0) is 61.5 Å². The number of ether oxygens (including phenoxy) is 1. The van der Waals surface area contributed by atoms with Crippen molar-refractivity contribution in [3.63, 3.8) is 0 Å². The summed E-state index contributed by atoms with van der Waals surface area (Å²) in [6.07, 6.45) is 0. The summed E-state index contributed by atoms with van der Waals surface area (Å²) >= 11 is 0. The van der Waals surface area contributed by atoms with Crippen molar-refractivity contribution in [1.29, 1.82) is 0 Å². The third-order valence-corrected chi connectivity index (χ3v) is 7.50. The van der Waals surface area contributed by atoms with E-state index < -0.39 is 22.5 Å². The van der Waals surface area contributed by atoms with Crippen LogP contribution >= 0.6 is 0 Å². The van der Waals surface area contributed by atoms with Crippen LogP contribution in [0.2, 0.25) is 0 Å². The number of nitrogens with one attached hydrogen (secondary N) is 1. The molecule has 7 nitrogen and oxygen atoms in total. The highest BCUT2D eigenvalue weighted by Gasteiger charge is 2.27. The van der Waals surface area contributed by atoms with E-state index >= 15 is 0 Å². The van der Waals surface area contributed by atoms with Crippen LogP contribution in [0.3, 0.4) is 0 Å². The number of amides is 1. The van der Waals surface area contributed by atoms with E-state index in [9.17, 15) is 13.2 Å². The number of carbonyl (C=O) groups excluding carboxylic acids is 1. The van der Waals surface area contributed by atoms with Gasteiger partial charge in [-0.15, -0.1) is 0 Å².